The summed E-state index contributed by atoms with van der Waals surface area (Å²) in [7, 11) is 0. The van der Waals surface area contributed by atoms with Crippen molar-refractivity contribution < 1.29 is 9.53 Å². The maximum atomic E-state index is 13.1. The van der Waals surface area contributed by atoms with Crippen molar-refractivity contribution in [3.8, 4) is 5.75 Å². The molecule has 2 aromatic heterocycles. The van der Waals surface area contributed by atoms with Gasteiger partial charge in [-0.15, -0.1) is 0 Å². The highest BCUT2D eigenvalue weighted by atomic mass is 16.5. The summed E-state index contributed by atoms with van der Waals surface area (Å²) < 4.78 is 7.50. The molecule has 0 saturated carbocycles. The number of carbonyl (C=O) groups excluding carboxylic acids is 1. The van der Waals surface area contributed by atoms with E-state index in [4.69, 9.17) is 4.74 Å². The van der Waals surface area contributed by atoms with Crippen LogP contribution in [0.15, 0.2) is 73.1 Å². The molecule has 0 saturated heterocycles. The van der Waals surface area contributed by atoms with Crippen molar-refractivity contribution in [2.75, 3.05) is 18.1 Å². The molecule has 5 rings (SSSR count). The van der Waals surface area contributed by atoms with Crippen LogP contribution < -0.4 is 9.64 Å². The number of anilines is 1. The molecular formula is C22H18N4O2. The van der Waals surface area contributed by atoms with Gasteiger partial charge in [0.1, 0.15) is 12.4 Å². The zero-order valence-electron chi connectivity index (χ0n) is 15.2. The van der Waals surface area contributed by atoms with Crippen LogP contribution in [0.3, 0.4) is 0 Å². The Morgan fingerprint density at radius 2 is 1.86 bits per heavy atom. The molecule has 28 heavy (non-hydrogen) atoms. The Labute approximate surface area is 162 Å². The van der Waals surface area contributed by atoms with Crippen LogP contribution in [0.4, 0.5) is 5.69 Å². The van der Waals surface area contributed by atoms with Crippen LogP contribution in [-0.4, -0.2) is 33.8 Å². The van der Waals surface area contributed by atoms with Gasteiger partial charge in [0.25, 0.3) is 5.91 Å². The molecule has 0 N–H and O–H groups in total. The van der Waals surface area contributed by atoms with E-state index < -0.39 is 0 Å². The zero-order valence-corrected chi connectivity index (χ0v) is 15.2. The molecular weight excluding hydrogens is 352 g/mol. The van der Waals surface area contributed by atoms with Crippen molar-refractivity contribution in [3.05, 3.63) is 84.2 Å². The molecule has 0 spiro atoms. The summed E-state index contributed by atoms with van der Waals surface area (Å²) in [6.07, 6.45) is 3.39. The number of para-hydroxylation sites is 2. The average molecular weight is 370 g/mol. The van der Waals surface area contributed by atoms with Crippen LogP contribution >= 0.6 is 0 Å². The Morgan fingerprint density at radius 1 is 1.04 bits per heavy atom. The molecule has 6 heteroatoms. The molecule has 0 bridgehead atoms. The monoisotopic (exact) mass is 370 g/mol. The van der Waals surface area contributed by atoms with Gasteiger partial charge in [-0.3, -0.25) is 4.79 Å². The Hall–Kier alpha value is -3.67. The quantitative estimate of drug-likeness (QED) is 0.554. The minimum atomic E-state index is -0.0824. The van der Waals surface area contributed by atoms with Crippen molar-refractivity contribution in [2.45, 2.75) is 6.54 Å². The van der Waals surface area contributed by atoms with Gasteiger partial charge in [0.05, 0.1) is 30.5 Å². The number of carbonyl (C=O) groups is 1. The summed E-state index contributed by atoms with van der Waals surface area (Å²) in [5, 5.41) is 5.30. The smallest absolute Gasteiger partial charge is 0.260 e. The predicted octanol–water partition coefficient (Wildman–Crippen LogP) is 3.52. The normalized spacial score (nSPS) is 13.2. The third-order valence-electron chi connectivity index (χ3n) is 4.87. The number of hydrogen-bond acceptors (Lipinski definition) is 4. The maximum absolute atomic E-state index is 13.1. The number of ether oxygens (including phenoxy) is 1. The number of fused-ring (bicyclic) bond motifs is 2. The zero-order chi connectivity index (χ0) is 18.9. The summed E-state index contributed by atoms with van der Waals surface area (Å²) in [4.78, 5) is 19.4. The fraction of sp³-hybridized carbons (Fsp3) is 0.136. The van der Waals surface area contributed by atoms with Crippen LogP contribution in [0.2, 0.25) is 0 Å². The third-order valence-corrected chi connectivity index (χ3v) is 4.87. The van der Waals surface area contributed by atoms with E-state index in [1.165, 1.54) is 0 Å². The van der Waals surface area contributed by atoms with Crippen LogP contribution in [0.25, 0.3) is 11.0 Å². The van der Waals surface area contributed by atoms with Gasteiger partial charge >= 0.3 is 0 Å². The summed E-state index contributed by atoms with van der Waals surface area (Å²) in [6.45, 7) is 1.63. The van der Waals surface area contributed by atoms with Crippen LogP contribution in [0, 0.1) is 0 Å². The van der Waals surface area contributed by atoms with E-state index >= 15 is 0 Å². The molecule has 0 aliphatic carbocycles. The number of pyridine rings is 1. The van der Waals surface area contributed by atoms with Crippen molar-refractivity contribution in [1.29, 1.82) is 0 Å². The topological polar surface area (TPSA) is 60.2 Å². The van der Waals surface area contributed by atoms with Crippen LogP contribution in [0.1, 0.15) is 15.9 Å². The number of nitrogens with zero attached hydrogens (tertiary/aromatic N) is 4. The van der Waals surface area contributed by atoms with Gasteiger partial charge in [-0.1, -0.05) is 42.5 Å². The highest BCUT2D eigenvalue weighted by Crippen LogP contribution is 2.32. The van der Waals surface area contributed by atoms with E-state index in [0.717, 1.165) is 28.0 Å². The predicted molar refractivity (Wildman–Crippen MR) is 107 cm³/mol. The maximum Gasteiger partial charge on any atom is 0.260 e. The van der Waals surface area contributed by atoms with Crippen molar-refractivity contribution in [1.82, 2.24) is 14.8 Å². The molecule has 1 amide bonds. The summed E-state index contributed by atoms with van der Waals surface area (Å²) in [5.41, 5.74) is 3.25. The summed E-state index contributed by atoms with van der Waals surface area (Å²) in [6, 6.07) is 19.6. The largest absolute Gasteiger partial charge is 0.490 e. The average Bonchev–Trinajstić information content (AvgIpc) is 3.15. The van der Waals surface area contributed by atoms with Crippen molar-refractivity contribution in [3.63, 3.8) is 0 Å². The van der Waals surface area contributed by atoms with Crippen molar-refractivity contribution in [2.24, 2.45) is 0 Å². The standard InChI is InChI=1S/C22H18N4O2/c27-22(25-10-11-28-20-9-5-4-8-19(20)25)18-12-17-14-24-26(21(17)23-13-18)15-16-6-2-1-3-7-16/h1-9,12-14H,10-11,15H2. The van der Waals surface area contributed by atoms with Crippen LogP contribution in [0.5, 0.6) is 5.75 Å². The summed E-state index contributed by atoms with van der Waals surface area (Å²) >= 11 is 0. The van der Waals surface area contributed by atoms with Gasteiger partial charge < -0.3 is 9.64 Å². The SMILES string of the molecule is O=C(c1cnc2c(cnn2Cc2ccccc2)c1)N1CCOc2ccccc21. The fourth-order valence-electron chi connectivity index (χ4n) is 3.50. The van der Waals surface area contributed by atoms with Gasteiger partial charge in [0.2, 0.25) is 0 Å². The second-order valence-electron chi connectivity index (χ2n) is 6.70. The first-order chi connectivity index (χ1) is 13.8. The number of hydrogen-bond donors (Lipinski definition) is 0. The molecule has 2 aromatic carbocycles. The minimum absolute atomic E-state index is 0.0824. The molecule has 138 valence electrons. The molecule has 0 fully saturated rings. The van der Waals surface area contributed by atoms with Crippen molar-refractivity contribution >= 4 is 22.6 Å². The van der Waals surface area contributed by atoms with Crippen LogP contribution in [-0.2, 0) is 6.54 Å². The van der Waals surface area contributed by atoms with E-state index in [0.29, 0.717) is 25.3 Å². The lowest BCUT2D eigenvalue weighted by molar-refractivity contribution is 0.0976. The van der Waals surface area contributed by atoms with E-state index in [-0.39, 0.29) is 5.91 Å². The second kappa shape index (κ2) is 6.81. The molecule has 6 nitrogen and oxygen atoms in total. The van der Waals surface area contributed by atoms with E-state index in [9.17, 15) is 4.79 Å². The first-order valence-corrected chi connectivity index (χ1v) is 9.19. The number of rotatable bonds is 3. The van der Waals surface area contributed by atoms with Gasteiger partial charge in [-0.05, 0) is 23.8 Å². The lowest BCUT2D eigenvalue weighted by atomic mass is 10.1. The minimum Gasteiger partial charge on any atom is -0.490 e. The third kappa shape index (κ3) is 2.89. The van der Waals surface area contributed by atoms with Gasteiger partial charge in [-0.2, -0.15) is 5.10 Å². The van der Waals surface area contributed by atoms with E-state index in [1.807, 2.05) is 53.2 Å². The highest BCUT2D eigenvalue weighted by molar-refractivity contribution is 6.08. The molecule has 4 aromatic rings. The fourth-order valence-corrected chi connectivity index (χ4v) is 3.50. The molecule has 0 radical (unpaired) electrons. The first kappa shape index (κ1) is 16.5. The molecule has 0 unspecified atom stereocenters. The Morgan fingerprint density at radius 3 is 2.75 bits per heavy atom. The molecule has 1 aliphatic rings. The molecule has 0 atom stereocenters. The van der Waals surface area contributed by atoms with Gasteiger partial charge in [0.15, 0.2) is 5.65 Å². The Kier molecular flexibility index (Phi) is 4.01. The number of amides is 1. The highest BCUT2D eigenvalue weighted by Gasteiger charge is 2.25. The summed E-state index contributed by atoms with van der Waals surface area (Å²) in [5.74, 6) is 0.646. The Bertz CT molecular complexity index is 1150. The lowest BCUT2D eigenvalue weighted by Crippen LogP contribution is -2.37. The number of benzene rings is 2. The van der Waals surface area contributed by atoms with E-state index in [2.05, 4.69) is 22.2 Å². The second-order valence-corrected chi connectivity index (χ2v) is 6.70. The molecule has 1 aliphatic heterocycles. The number of aromatic nitrogens is 3. The molecule has 3 heterocycles. The van der Waals surface area contributed by atoms with Gasteiger partial charge in [0, 0.05) is 11.6 Å². The lowest BCUT2D eigenvalue weighted by Gasteiger charge is -2.29. The Balaban J connectivity index is 1.45. The van der Waals surface area contributed by atoms with E-state index in [1.54, 1.807) is 17.3 Å². The first-order valence-electron chi connectivity index (χ1n) is 9.19. The van der Waals surface area contributed by atoms with Gasteiger partial charge in [-0.25, -0.2) is 9.67 Å².